The van der Waals surface area contributed by atoms with Gasteiger partial charge in [-0.3, -0.25) is 9.59 Å². The molecular weight excluding hydrogens is 634 g/mol. The number of aromatic nitrogens is 3. The minimum absolute atomic E-state index is 0.260. The third kappa shape index (κ3) is 4.43. The van der Waals surface area contributed by atoms with E-state index >= 15 is 0 Å². The maximum absolute atomic E-state index is 14.6. The molecule has 0 radical (unpaired) electrons. The summed E-state index contributed by atoms with van der Waals surface area (Å²) in [5, 5.41) is 8.73. The second-order valence-electron chi connectivity index (χ2n) is 10.1. The predicted molar refractivity (Wildman–Crippen MR) is 166 cm³/mol. The number of para-hydroxylation sites is 1. The van der Waals surface area contributed by atoms with Gasteiger partial charge in [0, 0.05) is 73.7 Å². The van der Waals surface area contributed by atoms with E-state index in [2.05, 4.69) is 57.4 Å². The number of likely N-dealkylation sites (N-methyl/N-ethyl adjacent to an activating group) is 1. The molecule has 5 N–H and O–H groups in total. The second kappa shape index (κ2) is 10.3. The summed E-state index contributed by atoms with van der Waals surface area (Å²) in [4.78, 5) is 37.7. The summed E-state index contributed by atoms with van der Waals surface area (Å²) in [6.07, 6.45) is 6.02. The summed E-state index contributed by atoms with van der Waals surface area (Å²) in [6.45, 7) is 1.92. The number of H-pyrrole nitrogens is 3. The summed E-state index contributed by atoms with van der Waals surface area (Å²) in [6, 6.07) is 19.1. The minimum atomic E-state index is -1.15. The van der Waals surface area contributed by atoms with Crippen molar-refractivity contribution in [3.05, 3.63) is 105 Å². The first-order chi connectivity index (χ1) is 19.3. The van der Waals surface area contributed by atoms with Crippen LogP contribution in [0.3, 0.4) is 0 Å². The van der Waals surface area contributed by atoms with Crippen molar-refractivity contribution in [2.75, 3.05) is 7.05 Å². The maximum atomic E-state index is 14.6. The molecule has 0 fully saturated rings. The molecule has 0 saturated heterocycles. The molecule has 0 aliphatic rings. The zero-order valence-corrected chi connectivity index (χ0v) is 25.0. The largest absolute Gasteiger partial charge is 0.361 e. The van der Waals surface area contributed by atoms with Gasteiger partial charge in [-0.15, -0.1) is 0 Å². The van der Waals surface area contributed by atoms with Crippen molar-refractivity contribution >= 4 is 76.4 Å². The summed E-state index contributed by atoms with van der Waals surface area (Å²) < 4.78 is 1.82. The van der Waals surface area contributed by atoms with Gasteiger partial charge in [-0.25, -0.2) is 0 Å². The van der Waals surface area contributed by atoms with Gasteiger partial charge in [0.2, 0.25) is 11.8 Å². The molecule has 0 spiro atoms. The van der Waals surface area contributed by atoms with Gasteiger partial charge >= 0.3 is 0 Å². The van der Waals surface area contributed by atoms with Crippen LogP contribution in [0.25, 0.3) is 32.7 Å². The highest BCUT2D eigenvalue weighted by molar-refractivity contribution is 9.10. The molecule has 0 aliphatic carbocycles. The van der Waals surface area contributed by atoms with Crippen LogP contribution in [-0.2, 0) is 21.4 Å². The van der Waals surface area contributed by atoms with Gasteiger partial charge in [-0.2, -0.15) is 0 Å². The number of fused-ring (bicyclic) bond motifs is 3. The highest BCUT2D eigenvalue weighted by Crippen LogP contribution is 2.41. The number of nitrogens with one attached hydrogen (secondary N) is 5. The van der Waals surface area contributed by atoms with Crippen LogP contribution < -0.4 is 10.6 Å². The van der Waals surface area contributed by atoms with Crippen LogP contribution in [0.4, 0.5) is 0 Å². The minimum Gasteiger partial charge on any atom is -0.361 e. The number of carbonyl (C=O) groups excluding carboxylic acids is 2. The maximum Gasteiger partial charge on any atom is 0.242 e. The second-order valence-corrected chi connectivity index (χ2v) is 11.9. The molecule has 202 valence electrons. The lowest BCUT2D eigenvalue weighted by Crippen LogP contribution is -2.53. The van der Waals surface area contributed by atoms with Gasteiger partial charge in [-0.05, 0) is 66.1 Å². The fraction of sp³-hybridized carbons (Fsp3) is 0.161. The van der Waals surface area contributed by atoms with Crippen molar-refractivity contribution < 1.29 is 9.59 Å². The average Bonchev–Trinajstić information content (AvgIpc) is 3.68. The molecular formula is C31H27Br2N5O2. The first kappa shape index (κ1) is 26.4. The Bertz CT molecular complexity index is 1820. The topological polar surface area (TPSA) is 106 Å². The fourth-order valence-corrected chi connectivity index (χ4v) is 6.33. The Balaban J connectivity index is 1.48. The van der Waals surface area contributed by atoms with Crippen LogP contribution in [0.2, 0.25) is 0 Å². The van der Waals surface area contributed by atoms with Gasteiger partial charge < -0.3 is 25.6 Å². The molecule has 0 unspecified atom stereocenters. The SMILES string of the molecule is CNC(=O)[C@H](Cc1c[nH]c2ccccc12)NC(=O)C(C)(c1c[nH]c2ccc(Br)cc12)c1c[nH]c2ccc(Br)cc12. The Morgan fingerprint density at radius 1 is 0.800 bits per heavy atom. The Hall–Kier alpha value is -3.82. The number of carbonyl (C=O) groups is 2. The standard InChI is InChI=1S/C31H27Br2N5O2/c1-31(23-15-36-26-9-7-18(32)12-21(23)26,24-16-37-27-10-8-19(33)13-22(24)27)30(40)38-28(29(39)34-2)11-17-14-35-25-6-4-3-5-20(17)25/h3-10,12-16,28,35-37H,11H2,1-2H3,(H,34,39)(H,38,40)/t28-/m0/s1. The normalized spacial score (nSPS) is 12.7. The smallest absolute Gasteiger partial charge is 0.242 e. The van der Waals surface area contributed by atoms with Gasteiger partial charge in [0.05, 0.1) is 0 Å². The molecule has 0 bridgehead atoms. The first-order valence-electron chi connectivity index (χ1n) is 12.9. The third-order valence-electron chi connectivity index (χ3n) is 7.79. The number of hydrogen-bond donors (Lipinski definition) is 5. The number of rotatable bonds is 7. The van der Waals surface area contributed by atoms with Crippen molar-refractivity contribution in [3.63, 3.8) is 0 Å². The van der Waals surface area contributed by atoms with E-state index in [0.29, 0.717) is 6.42 Å². The van der Waals surface area contributed by atoms with E-state index < -0.39 is 11.5 Å². The average molecular weight is 661 g/mol. The number of benzene rings is 3. The first-order valence-corrected chi connectivity index (χ1v) is 14.5. The Kier molecular flexibility index (Phi) is 6.80. The van der Waals surface area contributed by atoms with Crippen LogP contribution in [0, 0.1) is 0 Å². The Morgan fingerprint density at radius 3 is 1.95 bits per heavy atom. The summed E-state index contributed by atoms with van der Waals surface area (Å²) >= 11 is 7.18. The summed E-state index contributed by atoms with van der Waals surface area (Å²) in [5.41, 5.74) is 4.25. The zero-order chi connectivity index (χ0) is 28.0. The molecule has 6 rings (SSSR count). The molecule has 2 amide bonds. The van der Waals surface area contributed by atoms with Crippen molar-refractivity contribution in [1.82, 2.24) is 25.6 Å². The van der Waals surface area contributed by atoms with E-state index in [0.717, 1.165) is 58.3 Å². The molecule has 9 heteroatoms. The van der Waals surface area contributed by atoms with Crippen molar-refractivity contribution in [1.29, 1.82) is 0 Å². The molecule has 0 saturated carbocycles. The molecule has 1 atom stereocenters. The Labute approximate surface area is 247 Å². The summed E-state index contributed by atoms with van der Waals surface area (Å²) in [5.74, 6) is -0.535. The number of hydrogen-bond acceptors (Lipinski definition) is 2. The van der Waals surface area contributed by atoms with Crippen LogP contribution in [0.1, 0.15) is 23.6 Å². The fourth-order valence-electron chi connectivity index (χ4n) is 5.61. The molecule has 3 aromatic carbocycles. The van der Waals surface area contributed by atoms with E-state index in [1.165, 1.54) is 0 Å². The molecule has 7 nitrogen and oxygen atoms in total. The van der Waals surface area contributed by atoms with Crippen molar-refractivity contribution in [3.8, 4) is 0 Å². The lowest BCUT2D eigenvalue weighted by Gasteiger charge is -2.31. The number of amides is 2. The van der Waals surface area contributed by atoms with Crippen molar-refractivity contribution in [2.24, 2.45) is 0 Å². The van der Waals surface area contributed by atoms with Gasteiger partial charge in [-0.1, -0.05) is 50.1 Å². The number of aromatic amines is 3. The third-order valence-corrected chi connectivity index (χ3v) is 8.77. The van der Waals surface area contributed by atoms with Gasteiger partial charge in [0.1, 0.15) is 11.5 Å². The number of halogens is 2. The quantitative estimate of drug-likeness (QED) is 0.136. The molecule has 40 heavy (non-hydrogen) atoms. The molecule has 3 heterocycles. The van der Waals surface area contributed by atoms with Crippen LogP contribution in [-0.4, -0.2) is 39.9 Å². The summed E-state index contributed by atoms with van der Waals surface area (Å²) in [7, 11) is 1.59. The highest BCUT2D eigenvalue weighted by Gasteiger charge is 2.42. The molecule has 6 aromatic rings. The van der Waals surface area contributed by atoms with Gasteiger partial charge in [0.25, 0.3) is 0 Å². The van der Waals surface area contributed by atoms with Crippen LogP contribution in [0.5, 0.6) is 0 Å². The lowest BCUT2D eigenvalue weighted by atomic mass is 9.75. The van der Waals surface area contributed by atoms with E-state index in [1.54, 1.807) is 7.05 Å². The van der Waals surface area contributed by atoms with E-state index in [9.17, 15) is 9.59 Å². The van der Waals surface area contributed by atoms with E-state index in [4.69, 9.17) is 0 Å². The van der Waals surface area contributed by atoms with Crippen LogP contribution >= 0.6 is 31.9 Å². The lowest BCUT2D eigenvalue weighted by molar-refractivity contribution is -0.130. The van der Waals surface area contributed by atoms with Gasteiger partial charge in [0.15, 0.2) is 0 Å². The monoisotopic (exact) mass is 659 g/mol. The molecule has 0 aliphatic heterocycles. The van der Waals surface area contributed by atoms with Crippen LogP contribution in [0.15, 0.2) is 88.2 Å². The molecule has 3 aromatic heterocycles. The van der Waals surface area contributed by atoms with E-state index in [-0.39, 0.29) is 11.8 Å². The Morgan fingerprint density at radius 2 is 1.35 bits per heavy atom. The van der Waals surface area contributed by atoms with Crippen molar-refractivity contribution in [2.45, 2.75) is 24.8 Å². The van der Waals surface area contributed by atoms with E-state index in [1.807, 2.05) is 86.2 Å². The zero-order valence-electron chi connectivity index (χ0n) is 21.9. The predicted octanol–water partition coefficient (Wildman–Crippen LogP) is 6.44. The highest BCUT2D eigenvalue weighted by atomic mass is 79.9.